The number of para-hydroxylation sites is 1. The van der Waals surface area contributed by atoms with E-state index in [4.69, 9.17) is 4.74 Å². The zero-order valence-electron chi connectivity index (χ0n) is 19.3. The van der Waals surface area contributed by atoms with E-state index in [-0.39, 0.29) is 18.4 Å². The zero-order valence-corrected chi connectivity index (χ0v) is 19.3. The first-order valence-corrected chi connectivity index (χ1v) is 10.7. The molecule has 0 unspecified atom stereocenters. The van der Waals surface area contributed by atoms with Crippen LogP contribution in [0.5, 0.6) is 5.75 Å². The van der Waals surface area contributed by atoms with Crippen LogP contribution in [0.25, 0.3) is 5.69 Å². The summed E-state index contributed by atoms with van der Waals surface area (Å²) in [5.74, 6) is 0.234. The summed E-state index contributed by atoms with van der Waals surface area (Å²) in [7, 11) is 1.73. The molecule has 3 rings (SSSR count). The van der Waals surface area contributed by atoms with E-state index < -0.39 is 0 Å². The van der Waals surface area contributed by atoms with Crippen molar-refractivity contribution in [2.75, 3.05) is 20.2 Å². The van der Waals surface area contributed by atoms with Crippen molar-refractivity contribution in [3.05, 3.63) is 76.6 Å². The highest BCUT2D eigenvalue weighted by Crippen LogP contribution is 2.21. The average Bonchev–Trinajstić information content (AvgIpc) is 3.06. The van der Waals surface area contributed by atoms with Crippen molar-refractivity contribution in [1.82, 2.24) is 20.0 Å². The van der Waals surface area contributed by atoms with Crippen LogP contribution in [0.1, 0.15) is 39.8 Å². The predicted molar refractivity (Wildman–Crippen MR) is 124 cm³/mol. The summed E-state index contributed by atoms with van der Waals surface area (Å²) in [5.41, 5.74) is 5.51. The molecule has 7 nitrogen and oxygen atoms in total. The Balaban J connectivity index is 1.62. The average molecular weight is 435 g/mol. The van der Waals surface area contributed by atoms with Gasteiger partial charge in [0, 0.05) is 30.4 Å². The molecule has 2 aromatic carbocycles. The summed E-state index contributed by atoms with van der Waals surface area (Å²) in [4.78, 5) is 26.6. The Labute approximate surface area is 189 Å². The Kier molecular flexibility index (Phi) is 7.30. The SMILES string of the molecule is CCOc1ccc(C(=O)NCC(=O)N(C)Cc2c(C)nn(-c3ccccc3C)c2C)cc1. The molecule has 1 N–H and O–H groups in total. The maximum Gasteiger partial charge on any atom is 0.251 e. The summed E-state index contributed by atoms with van der Waals surface area (Å²) < 4.78 is 7.31. The van der Waals surface area contributed by atoms with Crippen LogP contribution >= 0.6 is 0 Å². The van der Waals surface area contributed by atoms with E-state index in [9.17, 15) is 9.59 Å². The molecule has 168 valence electrons. The van der Waals surface area contributed by atoms with Gasteiger partial charge < -0.3 is 15.0 Å². The Bertz CT molecular complexity index is 1100. The first kappa shape index (κ1) is 23.1. The maximum atomic E-state index is 12.6. The number of hydrogen-bond acceptors (Lipinski definition) is 4. The van der Waals surface area contributed by atoms with Crippen LogP contribution in [0.15, 0.2) is 48.5 Å². The smallest absolute Gasteiger partial charge is 0.251 e. The van der Waals surface area contributed by atoms with E-state index >= 15 is 0 Å². The van der Waals surface area contributed by atoms with Crippen LogP contribution in [-0.4, -0.2) is 46.7 Å². The van der Waals surface area contributed by atoms with Crippen LogP contribution in [0.4, 0.5) is 0 Å². The highest BCUT2D eigenvalue weighted by molar-refractivity contribution is 5.96. The van der Waals surface area contributed by atoms with Crippen molar-refractivity contribution in [2.24, 2.45) is 0 Å². The van der Waals surface area contributed by atoms with Crippen LogP contribution in [0, 0.1) is 20.8 Å². The lowest BCUT2D eigenvalue weighted by molar-refractivity contribution is -0.129. The lowest BCUT2D eigenvalue weighted by Crippen LogP contribution is -2.38. The molecule has 0 aliphatic carbocycles. The second kappa shape index (κ2) is 10.1. The Morgan fingerprint density at radius 3 is 2.41 bits per heavy atom. The van der Waals surface area contributed by atoms with Gasteiger partial charge in [0.1, 0.15) is 5.75 Å². The minimum atomic E-state index is -0.297. The fraction of sp³-hybridized carbons (Fsp3) is 0.320. The van der Waals surface area contributed by atoms with Gasteiger partial charge in [0.2, 0.25) is 5.91 Å². The molecular formula is C25H30N4O3. The van der Waals surface area contributed by atoms with Gasteiger partial charge in [0.15, 0.2) is 0 Å². The minimum Gasteiger partial charge on any atom is -0.494 e. The largest absolute Gasteiger partial charge is 0.494 e. The number of aromatic nitrogens is 2. The summed E-state index contributed by atoms with van der Waals surface area (Å²) in [5, 5.41) is 7.38. The third-order valence-corrected chi connectivity index (χ3v) is 5.43. The van der Waals surface area contributed by atoms with Gasteiger partial charge in [-0.15, -0.1) is 0 Å². The number of carbonyl (C=O) groups excluding carboxylic acids is 2. The van der Waals surface area contributed by atoms with Crippen LogP contribution in [0.3, 0.4) is 0 Å². The number of rotatable bonds is 8. The third-order valence-electron chi connectivity index (χ3n) is 5.43. The lowest BCUT2D eigenvalue weighted by atomic mass is 10.1. The fourth-order valence-corrected chi connectivity index (χ4v) is 3.53. The molecular weight excluding hydrogens is 404 g/mol. The van der Waals surface area contributed by atoms with Crippen molar-refractivity contribution in [3.63, 3.8) is 0 Å². The number of ether oxygens (including phenoxy) is 1. The number of carbonyl (C=O) groups is 2. The van der Waals surface area contributed by atoms with Gasteiger partial charge in [-0.05, 0) is 63.6 Å². The number of benzene rings is 2. The molecule has 0 aliphatic heterocycles. The maximum absolute atomic E-state index is 12.6. The molecule has 32 heavy (non-hydrogen) atoms. The molecule has 0 fully saturated rings. The highest BCUT2D eigenvalue weighted by Gasteiger charge is 2.18. The van der Waals surface area contributed by atoms with Crippen molar-refractivity contribution < 1.29 is 14.3 Å². The monoisotopic (exact) mass is 434 g/mol. The number of hydrogen-bond donors (Lipinski definition) is 1. The topological polar surface area (TPSA) is 76.5 Å². The van der Waals surface area contributed by atoms with E-state index in [2.05, 4.69) is 10.4 Å². The molecule has 0 aliphatic rings. The first-order valence-electron chi connectivity index (χ1n) is 10.7. The quantitative estimate of drug-likeness (QED) is 0.588. The van der Waals surface area contributed by atoms with Gasteiger partial charge in [-0.25, -0.2) is 4.68 Å². The van der Waals surface area contributed by atoms with Gasteiger partial charge in [0.05, 0.1) is 24.5 Å². The summed E-state index contributed by atoms with van der Waals surface area (Å²) in [6.07, 6.45) is 0. The standard InChI is InChI=1S/C25H30N4O3/c1-6-32-21-13-11-20(12-14-21)25(31)26-15-24(30)28(5)16-22-18(3)27-29(19(22)4)23-10-8-7-9-17(23)2/h7-14H,6,15-16H2,1-5H3,(H,26,31). The normalized spacial score (nSPS) is 10.7. The predicted octanol–water partition coefficient (Wildman–Crippen LogP) is 3.58. The van der Waals surface area contributed by atoms with Crippen molar-refractivity contribution in [3.8, 4) is 11.4 Å². The highest BCUT2D eigenvalue weighted by atomic mass is 16.5. The first-order chi connectivity index (χ1) is 15.3. The number of amides is 2. The molecule has 1 heterocycles. The van der Waals surface area contributed by atoms with Gasteiger partial charge in [0.25, 0.3) is 5.91 Å². The van der Waals surface area contributed by atoms with Crippen molar-refractivity contribution >= 4 is 11.8 Å². The number of nitrogens with zero attached hydrogens (tertiary/aromatic N) is 3. The fourth-order valence-electron chi connectivity index (χ4n) is 3.53. The summed E-state index contributed by atoms with van der Waals surface area (Å²) in [6.45, 7) is 8.81. The number of nitrogens with one attached hydrogen (secondary N) is 1. The molecule has 1 aromatic heterocycles. The van der Waals surface area contributed by atoms with E-state index in [0.29, 0.717) is 24.5 Å². The van der Waals surface area contributed by atoms with Gasteiger partial charge >= 0.3 is 0 Å². The molecule has 0 bridgehead atoms. The van der Waals surface area contributed by atoms with Crippen molar-refractivity contribution in [1.29, 1.82) is 0 Å². The third kappa shape index (κ3) is 5.17. The molecule has 2 amide bonds. The number of likely N-dealkylation sites (N-methyl/N-ethyl adjacent to an activating group) is 1. The summed E-state index contributed by atoms with van der Waals surface area (Å²) >= 11 is 0. The molecule has 0 radical (unpaired) electrons. The molecule has 0 saturated heterocycles. The molecule has 0 spiro atoms. The second-order valence-corrected chi connectivity index (χ2v) is 7.74. The van der Waals surface area contributed by atoms with Gasteiger partial charge in [-0.3, -0.25) is 9.59 Å². The van der Waals surface area contributed by atoms with Crippen LogP contribution in [-0.2, 0) is 11.3 Å². The van der Waals surface area contributed by atoms with Gasteiger partial charge in [-0.2, -0.15) is 5.10 Å². The zero-order chi connectivity index (χ0) is 23.3. The Morgan fingerprint density at radius 1 is 1.06 bits per heavy atom. The van der Waals surface area contributed by atoms with Crippen LogP contribution < -0.4 is 10.1 Å². The second-order valence-electron chi connectivity index (χ2n) is 7.74. The molecule has 3 aromatic rings. The van der Waals surface area contributed by atoms with E-state index in [1.165, 1.54) is 0 Å². The van der Waals surface area contributed by atoms with E-state index in [0.717, 1.165) is 28.2 Å². The Morgan fingerprint density at radius 2 is 1.75 bits per heavy atom. The lowest BCUT2D eigenvalue weighted by Gasteiger charge is -2.18. The molecule has 7 heteroatoms. The Hall–Kier alpha value is -3.61. The van der Waals surface area contributed by atoms with Gasteiger partial charge in [-0.1, -0.05) is 18.2 Å². The minimum absolute atomic E-state index is 0.0768. The molecule has 0 atom stereocenters. The number of aryl methyl sites for hydroxylation is 2. The summed E-state index contributed by atoms with van der Waals surface area (Å²) in [6, 6.07) is 14.9. The van der Waals surface area contributed by atoms with Crippen LogP contribution in [0.2, 0.25) is 0 Å². The van der Waals surface area contributed by atoms with E-state index in [1.807, 2.05) is 56.6 Å². The van der Waals surface area contributed by atoms with Crippen molar-refractivity contribution in [2.45, 2.75) is 34.2 Å². The molecule has 0 saturated carbocycles. The van der Waals surface area contributed by atoms with E-state index in [1.54, 1.807) is 36.2 Å².